The number of aryl methyl sites for hydroxylation is 4. The molecular weight excluding hydrogens is 278 g/mol. The number of rotatable bonds is 4. The normalized spacial score (nSPS) is 16.5. The van der Waals surface area contributed by atoms with E-state index in [-0.39, 0.29) is 0 Å². The molecule has 0 bridgehead atoms. The van der Waals surface area contributed by atoms with Gasteiger partial charge >= 0.3 is 0 Å². The van der Waals surface area contributed by atoms with Gasteiger partial charge in [0.05, 0.1) is 18.7 Å². The topological polar surface area (TPSA) is 69.2 Å². The number of morpholine rings is 1. The van der Waals surface area contributed by atoms with Crippen LogP contribution >= 0.6 is 0 Å². The van der Waals surface area contributed by atoms with Crippen molar-refractivity contribution in [2.24, 2.45) is 0 Å². The van der Waals surface area contributed by atoms with E-state index in [4.69, 9.17) is 10.5 Å². The van der Waals surface area contributed by atoms with Crippen molar-refractivity contribution in [2.45, 2.75) is 33.7 Å². The van der Waals surface area contributed by atoms with Crippen LogP contribution in [0.4, 0.5) is 5.82 Å². The highest BCUT2D eigenvalue weighted by Crippen LogP contribution is 2.25. The van der Waals surface area contributed by atoms with E-state index in [0.29, 0.717) is 5.82 Å². The number of nitrogens with two attached hydrogens (primary N) is 1. The lowest BCUT2D eigenvalue weighted by Crippen LogP contribution is -2.37. The van der Waals surface area contributed by atoms with Crippen LogP contribution in [-0.4, -0.2) is 52.3 Å². The molecule has 0 aromatic carbocycles. The summed E-state index contributed by atoms with van der Waals surface area (Å²) in [5, 5.41) is 0. The maximum atomic E-state index is 6.04. The second-order valence-corrected chi connectivity index (χ2v) is 6.02. The molecule has 1 fully saturated rings. The Labute approximate surface area is 131 Å². The Bertz CT molecular complexity index is 673. The first-order valence-corrected chi connectivity index (χ1v) is 7.97. The van der Waals surface area contributed by atoms with Gasteiger partial charge in [0.2, 0.25) is 0 Å². The van der Waals surface area contributed by atoms with Crippen molar-refractivity contribution in [1.29, 1.82) is 0 Å². The van der Waals surface area contributed by atoms with Gasteiger partial charge in [-0.25, -0.2) is 9.97 Å². The summed E-state index contributed by atoms with van der Waals surface area (Å²) in [7, 11) is 0. The minimum Gasteiger partial charge on any atom is -0.382 e. The van der Waals surface area contributed by atoms with E-state index in [0.717, 1.165) is 68.4 Å². The summed E-state index contributed by atoms with van der Waals surface area (Å²) in [4.78, 5) is 11.5. The van der Waals surface area contributed by atoms with Crippen LogP contribution in [-0.2, 0) is 11.3 Å². The summed E-state index contributed by atoms with van der Waals surface area (Å²) >= 11 is 0. The third-order valence-electron chi connectivity index (χ3n) is 4.55. The van der Waals surface area contributed by atoms with Crippen molar-refractivity contribution in [3.8, 4) is 0 Å². The van der Waals surface area contributed by atoms with Crippen LogP contribution in [0.2, 0.25) is 0 Å². The zero-order valence-corrected chi connectivity index (χ0v) is 13.7. The second-order valence-electron chi connectivity index (χ2n) is 6.02. The molecule has 6 heteroatoms. The predicted molar refractivity (Wildman–Crippen MR) is 88.0 cm³/mol. The van der Waals surface area contributed by atoms with Gasteiger partial charge in [0.1, 0.15) is 11.3 Å². The van der Waals surface area contributed by atoms with Gasteiger partial charge in [-0.05, 0) is 32.8 Å². The molecule has 22 heavy (non-hydrogen) atoms. The van der Waals surface area contributed by atoms with E-state index >= 15 is 0 Å². The van der Waals surface area contributed by atoms with Crippen LogP contribution in [0.3, 0.4) is 0 Å². The molecule has 1 saturated heterocycles. The highest BCUT2D eigenvalue weighted by Gasteiger charge is 2.16. The van der Waals surface area contributed by atoms with Crippen molar-refractivity contribution < 1.29 is 4.74 Å². The standard InChI is InChI=1S/C16H25N5O/c1-11-12(2)18-16(17)14-15(11)21(13(3)19-14)6-4-5-20-7-9-22-10-8-20/h4-10H2,1-3H3,(H2,17,18). The van der Waals surface area contributed by atoms with Gasteiger partial charge in [-0.1, -0.05) is 0 Å². The number of nitrogens with zero attached hydrogens (tertiary/aromatic N) is 4. The Hall–Kier alpha value is -1.66. The zero-order chi connectivity index (χ0) is 15.7. The Morgan fingerprint density at radius 1 is 1.09 bits per heavy atom. The van der Waals surface area contributed by atoms with E-state index in [1.165, 1.54) is 5.56 Å². The molecule has 0 saturated carbocycles. The number of imidazole rings is 1. The number of ether oxygens (including phenoxy) is 1. The highest BCUT2D eigenvalue weighted by molar-refractivity contribution is 5.88. The number of pyridine rings is 1. The van der Waals surface area contributed by atoms with Gasteiger partial charge in [-0.15, -0.1) is 0 Å². The van der Waals surface area contributed by atoms with E-state index in [1.807, 2.05) is 13.8 Å². The number of hydrogen-bond acceptors (Lipinski definition) is 5. The van der Waals surface area contributed by atoms with E-state index in [1.54, 1.807) is 0 Å². The quantitative estimate of drug-likeness (QED) is 0.930. The smallest absolute Gasteiger partial charge is 0.151 e. The minimum absolute atomic E-state index is 0.535. The van der Waals surface area contributed by atoms with Crippen LogP contribution < -0.4 is 5.73 Å². The molecule has 3 heterocycles. The maximum absolute atomic E-state index is 6.04. The number of anilines is 1. The number of aromatic nitrogens is 3. The van der Waals surface area contributed by atoms with Crippen molar-refractivity contribution in [2.75, 3.05) is 38.6 Å². The SMILES string of the molecule is Cc1nc(N)c2nc(C)n(CCCN3CCOCC3)c2c1C. The number of fused-ring (bicyclic) bond motifs is 1. The van der Waals surface area contributed by atoms with Crippen molar-refractivity contribution in [1.82, 2.24) is 19.4 Å². The molecule has 1 aliphatic heterocycles. The van der Waals surface area contributed by atoms with Crippen molar-refractivity contribution >= 4 is 16.9 Å². The van der Waals surface area contributed by atoms with Gasteiger partial charge in [0.15, 0.2) is 5.82 Å². The van der Waals surface area contributed by atoms with Crippen molar-refractivity contribution in [3.63, 3.8) is 0 Å². The Balaban J connectivity index is 1.79. The van der Waals surface area contributed by atoms with Crippen LogP contribution in [0.15, 0.2) is 0 Å². The highest BCUT2D eigenvalue weighted by atomic mass is 16.5. The largest absolute Gasteiger partial charge is 0.382 e. The van der Waals surface area contributed by atoms with E-state index < -0.39 is 0 Å². The lowest BCUT2D eigenvalue weighted by Gasteiger charge is -2.26. The molecule has 2 aromatic heterocycles. The maximum Gasteiger partial charge on any atom is 0.151 e. The molecule has 0 aliphatic carbocycles. The van der Waals surface area contributed by atoms with Gasteiger partial charge in [0.25, 0.3) is 0 Å². The first-order chi connectivity index (χ1) is 10.6. The van der Waals surface area contributed by atoms with Crippen LogP contribution in [0.5, 0.6) is 0 Å². The number of nitrogen functional groups attached to an aromatic ring is 1. The average Bonchev–Trinajstić information content (AvgIpc) is 2.84. The van der Waals surface area contributed by atoms with Crippen LogP contribution in [0.1, 0.15) is 23.5 Å². The van der Waals surface area contributed by atoms with Crippen LogP contribution in [0, 0.1) is 20.8 Å². The fourth-order valence-electron chi connectivity index (χ4n) is 3.16. The van der Waals surface area contributed by atoms with Gasteiger partial charge < -0.3 is 15.0 Å². The molecule has 2 N–H and O–H groups in total. The molecule has 2 aromatic rings. The summed E-state index contributed by atoms with van der Waals surface area (Å²) in [6.45, 7) is 12.0. The number of hydrogen-bond donors (Lipinski definition) is 1. The molecule has 0 unspecified atom stereocenters. The summed E-state index contributed by atoms with van der Waals surface area (Å²) in [6.07, 6.45) is 1.10. The Morgan fingerprint density at radius 2 is 1.82 bits per heavy atom. The molecular formula is C16H25N5O. The minimum atomic E-state index is 0.535. The summed E-state index contributed by atoms with van der Waals surface area (Å²) < 4.78 is 7.68. The van der Waals surface area contributed by atoms with E-state index in [2.05, 4.69) is 26.4 Å². The Kier molecular flexibility index (Phi) is 4.31. The molecule has 0 spiro atoms. The third kappa shape index (κ3) is 2.80. The summed E-state index contributed by atoms with van der Waals surface area (Å²) in [5.74, 6) is 1.55. The fraction of sp³-hybridized carbons (Fsp3) is 0.625. The molecule has 6 nitrogen and oxygen atoms in total. The fourth-order valence-corrected chi connectivity index (χ4v) is 3.16. The average molecular weight is 303 g/mol. The summed E-state index contributed by atoms with van der Waals surface area (Å²) in [5.41, 5.74) is 10.2. The molecule has 1 aliphatic rings. The van der Waals surface area contributed by atoms with Gasteiger partial charge in [-0.3, -0.25) is 4.90 Å². The molecule has 120 valence electrons. The second kappa shape index (κ2) is 6.22. The molecule has 0 amide bonds. The molecule has 0 radical (unpaired) electrons. The zero-order valence-electron chi connectivity index (χ0n) is 13.7. The molecule has 3 rings (SSSR count). The monoisotopic (exact) mass is 303 g/mol. The first-order valence-electron chi connectivity index (χ1n) is 7.97. The predicted octanol–water partition coefficient (Wildman–Crippen LogP) is 1.66. The lowest BCUT2D eigenvalue weighted by molar-refractivity contribution is 0.0369. The van der Waals surface area contributed by atoms with Crippen molar-refractivity contribution in [3.05, 3.63) is 17.1 Å². The Morgan fingerprint density at radius 3 is 2.55 bits per heavy atom. The third-order valence-corrected chi connectivity index (χ3v) is 4.55. The van der Waals surface area contributed by atoms with Gasteiger partial charge in [-0.2, -0.15) is 0 Å². The van der Waals surface area contributed by atoms with Crippen LogP contribution in [0.25, 0.3) is 11.0 Å². The summed E-state index contributed by atoms with van der Waals surface area (Å²) in [6, 6.07) is 0. The molecule has 0 atom stereocenters. The lowest BCUT2D eigenvalue weighted by atomic mass is 10.2. The van der Waals surface area contributed by atoms with E-state index in [9.17, 15) is 0 Å². The first kappa shape index (κ1) is 15.2. The van der Waals surface area contributed by atoms with Gasteiger partial charge in [0, 0.05) is 31.9 Å².